The molecule has 2 heterocycles. The second-order valence-electron chi connectivity index (χ2n) is 7.07. The minimum Gasteiger partial charge on any atom is -0.497 e. The Hall–Kier alpha value is -1.46. The van der Waals surface area contributed by atoms with E-state index in [9.17, 15) is 4.79 Å². The molecule has 0 bridgehead atoms. The van der Waals surface area contributed by atoms with Crippen LogP contribution in [-0.4, -0.2) is 62.3 Å². The van der Waals surface area contributed by atoms with Gasteiger partial charge in [-0.1, -0.05) is 23.5 Å². The summed E-state index contributed by atoms with van der Waals surface area (Å²) in [5.41, 5.74) is 1.59. The molecule has 0 radical (unpaired) electrons. The standard InChI is InChI=1S/C22H24IN3O3S.ClH/c1-28-16-7-8-19-20(15-16)30-22(24-19)26(10-4-9-25-11-13-29-14-12-25)21(27)17-5-2-3-6-18(17)23;/h2-3,5-8,15H,4,9-14H2,1H3;1H. The average molecular weight is 574 g/mol. The van der Waals surface area contributed by atoms with Gasteiger partial charge in [0.15, 0.2) is 5.13 Å². The highest BCUT2D eigenvalue weighted by atomic mass is 127. The van der Waals surface area contributed by atoms with Crippen LogP contribution in [0.4, 0.5) is 5.13 Å². The van der Waals surface area contributed by atoms with E-state index in [4.69, 9.17) is 14.5 Å². The monoisotopic (exact) mass is 573 g/mol. The van der Waals surface area contributed by atoms with E-state index in [1.54, 1.807) is 7.11 Å². The molecular weight excluding hydrogens is 549 g/mol. The second-order valence-corrected chi connectivity index (χ2v) is 9.25. The van der Waals surface area contributed by atoms with Gasteiger partial charge in [-0.25, -0.2) is 4.98 Å². The number of methoxy groups -OCH3 is 1. The average Bonchev–Trinajstić information content (AvgIpc) is 3.20. The molecule has 1 aliphatic rings. The third-order valence-corrected chi connectivity index (χ3v) is 7.11. The zero-order chi connectivity index (χ0) is 20.9. The molecule has 0 N–H and O–H groups in total. The van der Waals surface area contributed by atoms with Crippen LogP contribution in [-0.2, 0) is 4.74 Å². The quantitative estimate of drug-likeness (QED) is 0.384. The maximum Gasteiger partial charge on any atom is 0.261 e. The lowest BCUT2D eigenvalue weighted by atomic mass is 10.2. The topological polar surface area (TPSA) is 54.9 Å². The maximum absolute atomic E-state index is 13.5. The summed E-state index contributed by atoms with van der Waals surface area (Å²) in [4.78, 5) is 22.5. The number of anilines is 1. The molecule has 0 aliphatic carbocycles. The number of ether oxygens (including phenoxy) is 2. The molecule has 1 fully saturated rings. The molecule has 2 aromatic carbocycles. The van der Waals surface area contributed by atoms with Gasteiger partial charge >= 0.3 is 0 Å². The van der Waals surface area contributed by atoms with Gasteiger partial charge in [-0.3, -0.25) is 14.6 Å². The molecule has 0 spiro atoms. The van der Waals surface area contributed by atoms with Crippen LogP contribution < -0.4 is 9.64 Å². The summed E-state index contributed by atoms with van der Waals surface area (Å²) in [6, 6.07) is 13.5. The van der Waals surface area contributed by atoms with E-state index < -0.39 is 0 Å². The Balaban J connectivity index is 0.00000272. The van der Waals surface area contributed by atoms with Crippen LogP contribution in [0.2, 0.25) is 0 Å². The number of amides is 1. The van der Waals surface area contributed by atoms with Crippen LogP contribution in [0, 0.1) is 3.57 Å². The van der Waals surface area contributed by atoms with E-state index in [2.05, 4.69) is 27.5 Å². The number of carbonyl (C=O) groups is 1. The number of benzene rings is 2. The van der Waals surface area contributed by atoms with E-state index in [0.29, 0.717) is 12.1 Å². The first-order chi connectivity index (χ1) is 14.7. The fourth-order valence-corrected chi connectivity index (χ4v) is 5.11. The Morgan fingerprint density at radius 3 is 2.77 bits per heavy atom. The van der Waals surface area contributed by atoms with Gasteiger partial charge in [0.2, 0.25) is 0 Å². The number of fused-ring (bicyclic) bond motifs is 1. The molecule has 4 rings (SSSR count). The van der Waals surface area contributed by atoms with Crippen molar-refractivity contribution in [1.29, 1.82) is 0 Å². The lowest BCUT2D eigenvalue weighted by Gasteiger charge is -2.27. The molecule has 3 aromatic rings. The molecule has 1 aliphatic heterocycles. The van der Waals surface area contributed by atoms with Crippen LogP contribution in [0.15, 0.2) is 42.5 Å². The van der Waals surface area contributed by atoms with Crippen LogP contribution in [0.25, 0.3) is 10.2 Å². The summed E-state index contributed by atoms with van der Waals surface area (Å²) in [7, 11) is 1.65. The fraction of sp³-hybridized carbons (Fsp3) is 0.364. The van der Waals surface area contributed by atoms with Crippen molar-refractivity contribution in [1.82, 2.24) is 9.88 Å². The van der Waals surface area contributed by atoms with Crippen molar-refractivity contribution in [3.8, 4) is 5.75 Å². The van der Waals surface area contributed by atoms with Crippen molar-refractivity contribution in [2.24, 2.45) is 0 Å². The highest BCUT2D eigenvalue weighted by molar-refractivity contribution is 14.1. The Labute approximate surface area is 206 Å². The zero-order valence-corrected chi connectivity index (χ0v) is 21.0. The number of halogens is 2. The normalized spacial score (nSPS) is 14.3. The Kier molecular flexibility index (Phi) is 8.91. The predicted molar refractivity (Wildman–Crippen MR) is 136 cm³/mol. The molecule has 166 valence electrons. The van der Waals surface area contributed by atoms with Crippen molar-refractivity contribution >= 4 is 67.6 Å². The fourth-order valence-electron chi connectivity index (χ4n) is 3.48. The largest absolute Gasteiger partial charge is 0.497 e. The number of hydrogen-bond acceptors (Lipinski definition) is 6. The van der Waals surface area contributed by atoms with E-state index in [1.165, 1.54) is 11.3 Å². The van der Waals surface area contributed by atoms with E-state index in [-0.39, 0.29) is 18.3 Å². The second kappa shape index (κ2) is 11.4. The first kappa shape index (κ1) is 24.2. The van der Waals surface area contributed by atoms with Gasteiger partial charge in [-0.05, 0) is 59.3 Å². The molecule has 0 saturated carbocycles. The molecule has 1 amide bonds. The van der Waals surface area contributed by atoms with Crippen molar-refractivity contribution in [2.75, 3.05) is 51.4 Å². The van der Waals surface area contributed by atoms with Crippen LogP contribution >= 0.6 is 46.3 Å². The lowest BCUT2D eigenvalue weighted by molar-refractivity contribution is 0.0376. The summed E-state index contributed by atoms with van der Waals surface area (Å²) >= 11 is 3.75. The molecule has 31 heavy (non-hydrogen) atoms. The molecule has 1 saturated heterocycles. The number of morpholine rings is 1. The summed E-state index contributed by atoms with van der Waals surface area (Å²) < 4.78 is 12.7. The van der Waals surface area contributed by atoms with E-state index in [1.807, 2.05) is 47.4 Å². The van der Waals surface area contributed by atoms with Gasteiger partial charge in [0.05, 0.1) is 36.1 Å². The molecule has 0 atom stereocenters. The number of rotatable bonds is 7. The van der Waals surface area contributed by atoms with Crippen molar-refractivity contribution < 1.29 is 14.3 Å². The Bertz CT molecular complexity index is 1030. The SMILES string of the molecule is COc1ccc2nc(N(CCCN3CCOCC3)C(=O)c3ccccc3I)sc2c1.Cl. The van der Waals surface area contributed by atoms with Crippen molar-refractivity contribution in [2.45, 2.75) is 6.42 Å². The molecule has 9 heteroatoms. The van der Waals surface area contributed by atoms with E-state index in [0.717, 1.165) is 63.9 Å². The summed E-state index contributed by atoms with van der Waals surface area (Å²) in [6.07, 6.45) is 0.883. The lowest BCUT2D eigenvalue weighted by Crippen LogP contribution is -2.39. The summed E-state index contributed by atoms with van der Waals surface area (Å²) in [6.45, 7) is 5.03. The van der Waals surface area contributed by atoms with Gasteiger partial charge in [0, 0.05) is 29.7 Å². The highest BCUT2D eigenvalue weighted by Crippen LogP contribution is 2.32. The van der Waals surface area contributed by atoms with Crippen LogP contribution in [0.3, 0.4) is 0 Å². The van der Waals surface area contributed by atoms with Gasteiger partial charge in [-0.2, -0.15) is 0 Å². The molecule has 6 nitrogen and oxygen atoms in total. The van der Waals surface area contributed by atoms with Crippen LogP contribution in [0.1, 0.15) is 16.8 Å². The maximum atomic E-state index is 13.5. The minimum atomic E-state index is -0.00648. The number of thiazole rings is 1. The van der Waals surface area contributed by atoms with Gasteiger partial charge in [0.1, 0.15) is 5.75 Å². The number of aromatic nitrogens is 1. The predicted octanol–water partition coefficient (Wildman–Crippen LogP) is 4.70. The Morgan fingerprint density at radius 2 is 2.03 bits per heavy atom. The number of hydrogen-bond donors (Lipinski definition) is 0. The first-order valence-corrected chi connectivity index (χ1v) is 11.9. The van der Waals surface area contributed by atoms with Crippen molar-refractivity contribution in [3.05, 3.63) is 51.6 Å². The first-order valence-electron chi connectivity index (χ1n) is 9.97. The molecule has 0 unspecified atom stereocenters. The molecule has 1 aromatic heterocycles. The third kappa shape index (κ3) is 5.87. The summed E-state index contributed by atoms with van der Waals surface area (Å²) in [5, 5.41) is 0.727. The minimum absolute atomic E-state index is 0. The number of nitrogens with zero attached hydrogens (tertiary/aromatic N) is 3. The van der Waals surface area contributed by atoms with Gasteiger partial charge in [-0.15, -0.1) is 12.4 Å². The summed E-state index contributed by atoms with van der Waals surface area (Å²) in [5.74, 6) is 0.786. The van der Waals surface area contributed by atoms with Gasteiger partial charge in [0.25, 0.3) is 5.91 Å². The van der Waals surface area contributed by atoms with E-state index >= 15 is 0 Å². The van der Waals surface area contributed by atoms with Crippen LogP contribution in [0.5, 0.6) is 5.75 Å². The smallest absolute Gasteiger partial charge is 0.261 e. The van der Waals surface area contributed by atoms with Gasteiger partial charge < -0.3 is 9.47 Å². The Morgan fingerprint density at radius 1 is 1.26 bits per heavy atom. The number of carbonyl (C=O) groups excluding carboxylic acids is 1. The zero-order valence-electron chi connectivity index (χ0n) is 17.3. The highest BCUT2D eigenvalue weighted by Gasteiger charge is 2.23. The third-order valence-electron chi connectivity index (χ3n) is 5.12. The molecular formula is C22H25ClIN3O3S. The van der Waals surface area contributed by atoms with Crippen molar-refractivity contribution in [3.63, 3.8) is 0 Å².